The van der Waals surface area contributed by atoms with E-state index in [1.807, 2.05) is 0 Å². The molecule has 1 aliphatic heterocycles. The number of hydrogen-bond donors (Lipinski definition) is 2. The number of non-ortho nitro benzene ring substituents is 1. The Morgan fingerprint density at radius 3 is 2.76 bits per heavy atom. The molecule has 2 rings (SSSR count). The van der Waals surface area contributed by atoms with Gasteiger partial charge in [0.15, 0.2) is 5.17 Å². The van der Waals surface area contributed by atoms with Gasteiger partial charge in [-0.05, 0) is 6.07 Å². The Hall–Kier alpha value is -3.12. The molecule has 0 aromatic heterocycles. The maximum atomic E-state index is 12.1. The molecule has 25 heavy (non-hydrogen) atoms. The molecule has 0 unspecified atom stereocenters. The van der Waals surface area contributed by atoms with Crippen molar-refractivity contribution in [2.75, 3.05) is 5.75 Å². The van der Waals surface area contributed by atoms with Crippen molar-refractivity contribution in [3.05, 3.63) is 39.9 Å². The number of amidine groups is 1. The van der Waals surface area contributed by atoms with Crippen molar-refractivity contribution in [2.24, 2.45) is 10.8 Å². The van der Waals surface area contributed by atoms with Gasteiger partial charge in [-0.2, -0.15) is 4.99 Å². The van der Waals surface area contributed by atoms with Crippen LogP contribution in [0.3, 0.4) is 0 Å². The smallest absolute Gasteiger partial charge is 0.275 e. The number of amides is 4. The SMILES string of the molecule is NN(C(=O)CSC1=NC(=O)CC(=O)N1)C(=O)c1cccc([N+](=O)[O-])c1. The minimum absolute atomic E-state index is 0.0641. The highest BCUT2D eigenvalue weighted by atomic mass is 32.2. The fraction of sp³-hybridized carbons (Fsp3) is 0.154. The summed E-state index contributed by atoms with van der Waals surface area (Å²) in [6.07, 6.45) is -0.369. The van der Waals surface area contributed by atoms with Gasteiger partial charge in [-0.15, -0.1) is 0 Å². The van der Waals surface area contributed by atoms with Gasteiger partial charge in [0.2, 0.25) is 5.91 Å². The van der Waals surface area contributed by atoms with E-state index in [-0.39, 0.29) is 28.6 Å². The lowest BCUT2D eigenvalue weighted by molar-refractivity contribution is -0.384. The Morgan fingerprint density at radius 1 is 1.40 bits per heavy atom. The van der Waals surface area contributed by atoms with E-state index in [1.165, 1.54) is 18.2 Å². The number of hydrogen-bond acceptors (Lipinski definition) is 8. The van der Waals surface area contributed by atoms with Gasteiger partial charge in [0.25, 0.3) is 23.4 Å². The number of carbonyl (C=O) groups is 4. The van der Waals surface area contributed by atoms with Crippen LogP contribution in [0, 0.1) is 10.1 Å². The van der Waals surface area contributed by atoms with Gasteiger partial charge in [0.1, 0.15) is 6.42 Å². The summed E-state index contributed by atoms with van der Waals surface area (Å²) < 4.78 is 0. The number of benzene rings is 1. The summed E-state index contributed by atoms with van der Waals surface area (Å²) >= 11 is 0.728. The van der Waals surface area contributed by atoms with Gasteiger partial charge < -0.3 is 5.32 Å². The van der Waals surface area contributed by atoms with Gasteiger partial charge in [-0.25, -0.2) is 10.9 Å². The number of aliphatic imine (C=N–C) groups is 1. The van der Waals surface area contributed by atoms with Crippen molar-refractivity contribution in [3.63, 3.8) is 0 Å². The zero-order valence-electron chi connectivity index (χ0n) is 12.5. The standard InChI is InChI=1S/C13H11N5O6S/c14-17(12(22)7-2-1-3-8(4-7)18(23)24)11(21)6-25-13-15-9(19)5-10(20)16-13/h1-4H,5-6,14H2,(H,15,16,19,20). The van der Waals surface area contributed by atoms with E-state index in [4.69, 9.17) is 5.84 Å². The van der Waals surface area contributed by atoms with Crippen LogP contribution in [0.5, 0.6) is 0 Å². The molecular weight excluding hydrogens is 354 g/mol. The number of nitrogens with two attached hydrogens (primary N) is 1. The van der Waals surface area contributed by atoms with Crippen LogP contribution in [-0.2, 0) is 14.4 Å². The van der Waals surface area contributed by atoms with Gasteiger partial charge in [-0.1, -0.05) is 17.8 Å². The van der Waals surface area contributed by atoms with Crippen molar-refractivity contribution in [2.45, 2.75) is 6.42 Å². The second-order valence-corrected chi connectivity index (χ2v) is 5.66. The Bertz CT molecular complexity index is 808. The molecule has 4 amide bonds. The third-order valence-corrected chi connectivity index (χ3v) is 3.77. The summed E-state index contributed by atoms with van der Waals surface area (Å²) in [7, 11) is 0. The highest BCUT2D eigenvalue weighted by Crippen LogP contribution is 2.15. The second-order valence-electron chi connectivity index (χ2n) is 4.70. The molecule has 0 atom stereocenters. The first-order chi connectivity index (χ1) is 11.8. The van der Waals surface area contributed by atoms with Crippen LogP contribution in [0.25, 0.3) is 0 Å². The molecule has 1 aromatic carbocycles. The first-order valence-electron chi connectivity index (χ1n) is 6.68. The van der Waals surface area contributed by atoms with Gasteiger partial charge in [0, 0.05) is 17.7 Å². The zero-order chi connectivity index (χ0) is 18.6. The molecule has 12 heteroatoms. The van der Waals surface area contributed by atoms with Crippen molar-refractivity contribution < 1.29 is 24.1 Å². The number of nitro groups is 1. The van der Waals surface area contributed by atoms with Crippen molar-refractivity contribution in [3.8, 4) is 0 Å². The molecule has 0 bridgehead atoms. The van der Waals surface area contributed by atoms with E-state index in [1.54, 1.807) is 0 Å². The van der Waals surface area contributed by atoms with Crippen LogP contribution in [0.4, 0.5) is 5.69 Å². The lowest BCUT2D eigenvalue weighted by atomic mass is 10.2. The van der Waals surface area contributed by atoms with Gasteiger partial charge >= 0.3 is 0 Å². The summed E-state index contributed by atoms with van der Waals surface area (Å²) in [6, 6.07) is 4.75. The molecule has 0 saturated carbocycles. The van der Waals surface area contributed by atoms with E-state index in [2.05, 4.69) is 10.3 Å². The second kappa shape index (κ2) is 7.63. The number of thioether (sulfide) groups is 1. The average Bonchev–Trinajstić information content (AvgIpc) is 2.57. The molecule has 0 saturated heterocycles. The Morgan fingerprint density at radius 2 is 2.12 bits per heavy atom. The maximum Gasteiger partial charge on any atom is 0.275 e. The largest absolute Gasteiger partial charge is 0.305 e. The minimum atomic E-state index is -0.931. The van der Waals surface area contributed by atoms with E-state index in [0.29, 0.717) is 5.01 Å². The molecule has 1 aromatic rings. The number of rotatable bonds is 4. The van der Waals surface area contributed by atoms with Crippen LogP contribution in [0.2, 0.25) is 0 Å². The molecule has 11 nitrogen and oxygen atoms in total. The number of carbonyl (C=O) groups excluding carboxylic acids is 4. The normalized spacial score (nSPS) is 13.7. The minimum Gasteiger partial charge on any atom is -0.305 e. The lowest BCUT2D eigenvalue weighted by Crippen LogP contribution is -2.44. The molecular formula is C13H11N5O6S. The molecule has 0 spiro atoms. The number of nitrogens with one attached hydrogen (secondary N) is 1. The summed E-state index contributed by atoms with van der Waals surface area (Å²) in [5.41, 5.74) is -0.451. The number of hydrazine groups is 1. The molecule has 0 fully saturated rings. The fourth-order valence-electron chi connectivity index (χ4n) is 1.75. The topological polar surface area (TPSA) is 165 Å². The van der Waals surface area contributed by atoms with Crippen molar-refractivity contribution in [1.29, 1.82) is 0 Å². The van der Waals surface area contributed by atoms with Crippen LogP contribution in [0.1, 0.15) is 16.8 Å². The highest BCUT2D eigenvalue weighted by molar-refractivity contribution is 8.14. The van der Waals surface area contributed by atoms with Crippen molar-refractivity contribution >= 4 is 46.2 Å². The molecule has 0 aliphatic carbocycles. The lowest BCUT2D eigenvalue weighted by Gasteiger charge is -2.16. The van der Waals surface area contributed by atoms with E-state index in [0.717, 1.165) is 17.8 Å². The summed E-state index contributed by atoms with van der Waals surface area (Å²) in [6.45, 7) is 0. The third-order valence-electron chi connectivity index (χ3n) is 2.91. The van der Waals surface area contributed by atoms with Gasteiger partial charge in [0.05, 0.1) is 10.7 Å². The highest BCUT2D eigenvalue weighted by Gasteiger charge is 2.24. The maximum absolute atomic E-state index is 12.1. The number of nitro benzene ring substituents is 1. The Kier molecular flexibility index (Phi) is 5.56. The van der Waals surface area contributed by atoms with Crippen LogP contribution in [0.15, 0.2) is 29.3 Å². The van der Waals surface area contributed by atoms with Crippen molar-refractivity contribution in [1.82, 2.24) is 10.3 Å². The molecule has 0 radical (unpaired) electrons. The van der Waals surface area contributed by atoms with E-state index >= 15 is 0 Å². The summed E-state index contributed by atoms with van der Waals surface area (Å²) in [5.74, 6) is 2.12. The summed E-state index contributed by atoms with van der Waals surface area (Å²) in [4.78, 5) is 60.0. The molecule has 3 N–H and O–H groups in total. The average molecular weight is 365 g/mol. The van der Waals surface area contributed by atoms with E-state index in [9.17, 15) is 29.3 Å². The zero-order valence-corrected chi connectivity index (χ0v) is 13.3. The predicted octanol–water partition coefficient (Wildman–Crippen LogP) is -0.427. The van der Waals surface area contributed by atoms with Crippen LogP contribution in [-0.4, -0.2) is 44.5 Å². The Balaban J connectivity index is 2.01. The van der Waals surface area contributed by atoms with E-state index < -0.39 is 28.6 Å². The van der Waals surface area contributed by atoms with Crippen LogP contribution < -0.4 is 11.2 Å². The first kappa shape index (κ1) is 18.2. The van der Waals surface area contributed by atoms with Crippen LogP contribution >= 0.6 is 11.8 Å². The summed E-state index contributed by atoms with van der Waals surface area (Å²) in [5, 5.41) is 13.3. The first-order valence-corrected chi connectivity index (χ1v) is 7.67. The fourth-order valence-corrected chi connectivity index (χ4v) is 2.51. The molecule has 1 heterocycles. The number of imide groups is 1. The molecule has 130 valence electrons. The monoisotopic (exact) mass is 365 g/mol. The number of nitrogens with zero attached hydrogens (tertiary/aromatic N) is 3. The predicted molar refractivity (Wildman–Crippen MR) is 86.1 cm³/mol. The third kappa shape index (κ3) is 4.68. The quantitative estimate of drug-likeness (QED) is 0.238. The Labute approximate surface area is 144 Å². The van der Waals surface area contributed by atoms with Gasteiger partial charge in [-0.3, -0.25) is 29.3 Å². The molecule has 1 aliphatic rings.